The SMILES string of the molecule is CCCC(CC(O)CC(C)C)c1ccc(C)c(Cc2ccc(-c3ccc(F)cc3)s2)c1. The Kier molecular flexibility index (Phi) is 8.45. The summed E-state index contributed by atoms with van der Waals surface area (Å²) in [4.78, 5) is 2.48. The number of aliphatic hydroxyl groups excluding tert-OH is 1. The van der Waals surface area contributed by atoms with Crippen LogP contribution in [0.4, 0.5) is 4.39 Å². The quantitative estimate of drug-likeness (QED) is 0.339. The topological polar surface area (TPSA) is 20.2 Å². The minimum Gasteiger partial charge on any atom is -0.393 e. The Hall–Kier alpha value is -1.97. The summed E-state index contributed by atoms with van der Waals surface area (Å²) in [6, 6.07) is 17.9. The van der Waals surface area contributed by atoms with E-state index in [9.17, 15) is 9.50 Å². The molecule has 1 N–H and O–H groups in total. The van der Waals surface area contributed by atoms with Gasteiger partial charge in [0.05, 0.1) is 6.10 Å². The molecule has 0 saturated carbocycles. The van der Waals surface area contributed by atoms with Gasteiger partial charge in [0.1, 0.15) is 5.82 Å². The molecule has 31 heavy (non-hydrogen) atoms. The first-order valence-electron chi connectivity index (χ1n) is 11.5. The van der Waals surface area contributed by atoms with Crippen molar-refractivity contribution >= 4 is 11.3 Å². The molecule has 0 aliphatic rings. The predicted molar refractivity (Wildman–Crippen MR) is 131 cm³/mol. The molecule has 0 aliphatic carbocycles. The minimum atomic E-state index is -0.239. The van der Waals surface area contributed by atoms with Crippen molar-refractivity contribution in [3.8, 4) is 10.4 Å². The summed E-state index contributed by atoms with van der Waals surface area (Å²) in [7, 11) is 0. The Morgan fingerprint density at radius 2 is 1.71 bits per heavy atom. The summed E-state index contributed by atoms with van der Waals surface area (Å²) in [5.74, 6) is 0.712. The molecule has 0 saturated heterocycles. The van der Waals surface area contributed by atoms with Crippen molar-refractivity contribution in [2.75, 3.05) is 0 Å². The molecule has 2 unspecified atom stereocenters. The molecule has 2 atom stereocenters. The highest BCUT2D eigenvalue weighted by Crippen LogP contribution is 2.33. The molecule has 0 radical (unpaired) electrons. The van der Waals surface area contributed by atoms with Crippen molar-refractivity contribution < 1.29 is 9.50 Å². The van der Waals surface area contributed by atoms with Gasteiger partial charge in [0.25, 0.3) is 0 Å². The van der Waals surface area contributed by atoms with Crippen LogP contribution in [0, 0.1) is 18.7 Å². The molecule has 1 nitrogen and oxygen atoms in total. The van der Waals surface area contributed by atoms with Crippen molar-refractivity contribution in [2.45, 2.75) is 71.8 Å². The van der Waals surface area contributed by atoms with Crippen LogP contribution in [0.3, 0.4) is 0 Å². The molecule has 0 fully saturated rings. The molecule has 1 aromatic heterocycles. The van der Waals surface area contributed by atoms with Crippen LogP contribution >= 0.6 is 11.3 Å². The van der Waals surface area contributed by atoms with E-state index in [1.54, 1.807) is 11.3 Å². The van der Waals surface area contributed by atoms with Gasteiger partial charge < -0.3 is 5.11 Å². The Bertz CT molecular complexity index is 957. The smallest absolute Gasteiger partial charge is 0.123 e. The van der Waals surface area contributed by atoms with Gasteiger partial charge in [0, 0.05) is 16.2 Å². The van der Waals surface area contributed by atoms with Crippen LogP contribution in [-0.4, -0.2) is 11.2 Å². The zero-order chi connectivity index (χ0) is 22.4. The number of rotatable bonds is 10. The second-order valence-electron chi connectivity index (χ2n) is 9.14. The van der Waals surface area contributed by atoms with Gasteiger partial charge in [-0.05, 0) is 84.5 Å². The Labute approximate surface area is 191 Å². The zero-order valence-corrected chi connectivity index (χ0v) is 20.0. The van der Waals surface area contributed by atoms with Gasteiger partial charge in [-0.15, -0.1) is 11.3 Å². The summed E-state index contributed by atoms with van der Waals surface area (Å²) in [6.07, 6.45) is 4.58. The third-order valence-corrected chi connectivity index (χ3v) is 7.07. The van der Waals surface area contributed by atoms with Crippen LogP contribution in [0.25, 0.3) is 10.4 Å². The van der Waals surface area contributed by atoms with E-state index in [1.807, 2.05) is 12.1 Å². The minimum absolute atomic E-state index is 0.201. The maximum absolute atomic E-state index is 13.2. The summed E-state index contributed by atoms with van der Waals surface area (Å²) in [5, 5.41) is 10.5. The summed E-state index contributed by atoms with van der Waals surface area (Å²) >= 11 is 1.77. The van der Waals surface area contributed by atoms with Crippen LogP contribution in [0.15, 0.2) is 54.6 Å². The molecule has 3 rings (SSSR count). The highest BCUT2D eigenvalue weighted by molar-refractivity contribution is 7.15. The highest BCUT2D eigenvalue weighted by atomic mass is 32.1. The molecule has 2 aromatic carbocycles. The maximum Gasteiger partial charge on any atom is 0.123 e. The number of hydrogen-bond donors (Lipinski definition) is 1. The van der Waals surface area contributed by atoms with Crippen molar-refractivity contribution in [1.82, 2.24) is 0 Å². The molecule has 0 amide bonds. The van der Waals surface area contributed by atoms with E-state index in [0.717, 1.165) is 37.7 Å². The summed E-state index contributed by atoms with van der Waals surface area (Å²) in [5.41, 5.74) is 5.06. The van der Waals surface area contributed by atoms with Crippen molar-refractivity contribution in [1.29, 1.82) is 0 Å². The molecular weight excluding hydrogens is 403 g/mol. The Morgan fingerprint density at radius 1 is 0.968 bits per heavy atom. The number of aliphatic hydroxyl groups is 1. The Morgan fingerprint density at radius 3 is 2.39 bits per heavy atom. The lowest BCUT2D eigenvalue weighted by Crippen LogP contribution is -2.15. The fourth-order valence-corrected chi connectivity index (χ4v) is 5.34. The lowest BCUT2D eigenvalue weighted by Gasteiger charge is -2.22. The number of halogens is 1. The standard InChI is InChI=1S/C28H35FOS/c1-5-6-22(17-26(30)15-19(2)3)23-8-7-20(4)24(16-23)18-27-13-14-28(31-27)21-9-11-25(29)12-10-21/h7-14,16,19,22,26,30H,5-6,15,17-18H2,1-4H3. The second kappa shape index (κ2) is 11.1. The second-order valence-corrected chi connectivity index (χ2v) is 10.3. The largest absolute Gasteiger partial charge is 0.393 e. The van der Waals surface area contributed by atoms with E-state index in [2.05, 4.69) is 58.0 Å². The fraction of sp³-hybridized carbons (Fsp3) is 0.429. The van der Waals surface area contributed by atoms with Crippen molar-refractivity contribution in [3.05, 3.63) is 82.0 Å². The van der Waals surface area contributed by atoms with Gasteiger partial charge in [-0.25, -0.2) is 4.39 Å². The first kappa shape index (κ1) is 23.7. The normalized spacial score (nSPS) is 13.5. The highest BCUT2D eigenvalue weighted by Gasteiger charge is 2.18. The van der Waals surface area contributed by atoms with Crippen molar-refractivity contribution in [3.63, 3.8) is 0 Å². The maximum atomic E-state index is 13.2. The van der Waals surface area contributed by atoms with E-state index >= 15 is 0 Å². The molecule has 0 spiro atoms. The van der Waals surface area contributed by atoms with Gasteiger partial charge in [0.2, 0.25) is 0 Å². The van der Waals surface area contributed by atoms with Gasteiger partial charge >= 0.3 is 0 Å². The summed E-state index contributed by atoms with van der Waals surface area (Å²) < 4.78 is 13.2. The van der Waals surface area contributed by atoms with Crippen LogP contribution in [0.1, 0.15) is 73.9 Å². The number of benzene rings is 2. The van der Waals surface area contributed by atoms with Crippen LogP contribution in [0.5, 0.6) is 0 Å². The summed E-state index contributed by atoms with van der Waals surface area (Å²) in [6.45, 7) is 8.74. The molecule has 1 heterocycles. The third kappa shape index (κ3) is 6.75. The Balaban J connectivity index is 1.78. The lowest BCUT2D eigenvalue weighted by molar-refractivity contribution is 0.129. The number of aryl methyl sites for hydroxylation is 1. The van der Waals surface area contributed by atoms with E-state index in [4.69, 9.17) is 0 Å². The molecule has 3 heteroatoms. The molecular formula is C28H35FOS. The third-order valence-electron chi connectivity index (χ3n) is 5.94. The van der Waals surface area contributed by atoms with Gasteiger partial charge in [-0.3, -0.25) is 0 Å². The number of hydrogen-bond acceptors (Lipinski definition) is 2. The average Bonchev–Trinajstić information content (AvgIpc) is 3.18. The monoisotopic (exact) mass is 438 g/mol. The predicted octanol–water partition coefficient (Wildman–Crippen LogP) is 8.13. The van der Waals surface area contributed by atoms with E-state index in [0.29, 0.717) is 11.8 Å². The average molecular weight is 439 g/mol. The molecule has 166 valence electrons. The fourth-order valence-electron chi connectivity index (χ4n) is 4.30. The van der Waals surface area contributed by atoms with Crippen LogP contribution in [-0.2, 0) is 6.42 Å². The molecule has 0 bridgehead atoms. The molecule has 3 aromatic rings. The van der Waals surface area contributed by atoms with Gasteiger partial charge in [0.15, 0.2) is 0 Å². The van der Waals surface area contributed by atoms with Gasteiger partial charge in [-0.1, -0.05) is 57.5 Å². The first-order chi connectivity index (χ1) is 14.9. The van der Waals surface area contributed by atoms with E-state index in [1.165, 1.54) is 38.6 Å². The lowest BCUT2D eigenvalue weighted by atomic mass is 9.85. The number of thiophene rings is 1. The van der Waals surface area contributed by atoms with E-state index < -0.39 is 0 Å². The van der Waals surface area contributed by atoms with Crippen molar-refractivity contribution in [2.24, 2.45) is 5.92 Å². The van der Waals surface area contributed by atoms with Crippen LogP contribution in [0.2, 0.25) is 0 Å². The first-order valence-corrected chi connectivity index (χ1v) is 12.3. The van der Waals surface area contributed by atoms with Crippen LogP contribution < -0.4 is 0 Å². The zero-order valence-electron chi connectivity index (χ0n) is 19.2. The van der Waals surface area contributed by atoms with Gasteiger partial charge in [-0.2, -0.15) is 0 Å². The van der Waals surface area contributed by atoms with E-state index in [-0.39, 0.29) is 11.9 Å². The molecule has 0 aliphatic heterocycles.